The van der Waals surface area contributed by atoms with Gasteiger partial charge in [-0.25, -0.2) is 8.42 Å². The summed E-state index contributed by atoms with van der Waals surface area (Å²) < 4.78 is 26.0. The van der Waals surface area contributed by atoms with Gasteiger partial charge in [-0.05, 0) is 38.3 Å². The summed E-state index contributed by atoms with van der Waals surface area (Å²) in [7, 11) is -3.20. The van der Waals surface area contributed by atoms with Crippen LogP contribution in [0.15, 0.2) is 30.3 Å². The van der Waals surface area contributed by atoms with E-state index < -0.39 is 21.7 Å². The molecule has 1 amide bonds. The quantitative estimate of drug-likeness (QED) is 0.481. The normalized spacial score (nSPS) is 27.1. The zero-order chi connectivity index (χ0) is 21.1. The van der Waals surface area contributed by atoms with E-state index >= 15 is 0 Å². The molecule has 1 aliphatic carbocycles. The zero-order valence-electron chi connectivity index (χ0n) is 17.3. The van der Waals surface area contributed by atoms with Crippen molar-refractivity contribution in [1.29, 1.82) is 0 Å². The monoisotopic (exact) mass is 478 g/mol. The maximum Gasteiger partial charge on any atom is 0.252 e. The van der Waals surface area contributed by atoms with Gasteiger partial charge < -0.3 is 11.1 Å². The van der Waals surface area contributed by atoms with Gasteiger partial charge in [0.15, 0.2) is 0 Å². The van der Waals surface area contributed by atoms with Gasteiger partial charge in [0.1, 0.15) is 0 Å². The standard InChI is InChI=1S/C20H31ClN4O3S.ClH/c1-2-29(27,28)25-13-11-24(12-14-25)20(10-6-9-17(21)15-20)19(22)23-18(26)16-7-4-3-5-8-16;/h3-5,7-8,17,19H,2,6,9-15,22H2,1H3,(H,23,26);1H. The number of hydrogen-bond acceptors (Lipinski definition) is 5. The number of nitrogens with one attached hydrogen (secondary N) is 1. The van der Waals surface area contributed by atoms with E-state index in [1.54, 1.807) is 23.4 Å². The number of carbonyl (C=O) groups excluding carboxylic acids is 1. The molecule has 0 bridgehead atoms. The molecule has 1 saturated heterocycles. The van der Waals surface area contributed by atoms with Gasteiger partial charge in [-0.3, -0.25) is 9.69 Å². The van der Waals surface area contributed by atoms with Crippen molar-refractivity contribution >= 4 is 39.9 Å². The maximum atomic E-state index is 12.7. The van der Waals surface area contributed by atoms with Crippen molar-refractivity contribution in [3.63, 3.8) is 0 Å². The van der Waals surface area contributed by atoms with Crippen molar-refractivity contribution in [1.82, 2.24) is 14.5 Å². The van der Waals surface area contributed by atoms with Gasteiger partial charge in [-0.2, -0.15) is 4.31 Å². The van der Waals surface area contributed by atoms with Gasteiger partial charge >= 0.3 is 0 Å². The molecule has 2 fully saturated rings. The lowest BCUT2D eigenvalue weighted by Gasteiger charge is -2.53. The second-order valence-corrected chi connectivity index (χ2v) is 10.8. The Kier molecular flexibility index (Phi) is 8.97. The molecule has 170 valence electrons. The van der Waals surface area contributed by atoms with E-state index in [9.17, 15) is 13.2 Å². The lowest BCUT2D eigenvalue weighted by Crippen LogP contribution is -2.70. The van der Waals surface area contributed by atoms with Crippen molar-refractivity contribution in [2.75, 3.05) is 31.9 Å². The maximum absolute atomic E-state index is 12.7. The van der Waals surface area contributed by atoms with Crippen molar-refractivity contribution in [3.05, 3.63) is 35.9 Å². The minimum atomic E-state index is -3.20. The highest BCUT2D eigenvalue weighted by atomic mass is 35.5. The first kappa shape index (κ1) is 25.4. The van der Waals surface area contributed by atoms with Crippen LogP contribution in [0.5, 0.6) is 0 Å². The smallest absolute Gasteiger partial charge is 0.252 e. The molecule has 1 saturated carbocycles. The molecule has 0 spiro atoms. The molecule has 10 heteroatoms. The average molecular weight is 479 g/mol. The van der Waals surface area contributed by atoms with Gasteiger partial charge in [-0.15, -0.1) is 24.0 Å². The molecular formula is C20H32Cl2N4O3S. The SMILES string of the molecule is CCS(=O)(=O)N1CCN(C2(C(N)NC(=O)c3ccccc3)CCCC(Cl)C2)CC1.Cl. The second kappa shape index (κ2) is 10.6. The Bertz CT molecular complexity index is 804. The number of nitrogens with two attached hydrogens (primary N) is 1. The van der Waals surface area contributed by atoms with E-state index in [1.165, 1.54) is 0 Å². The van der Waals surface area contributed by atoms with Gasteiger partial charge in [0.05, 0.1) is 17.5 Å². The fourth-order valence-corrected chi connectivity index (χ4v) is 6.03. The van der Waals surface area contributed by atoms with Crippen molar-refractivity contribution in [3.8, 4) is 0 Å². The fraction of sp³-hybridized carbons (Fsp3) is 0.650. The van der Waals surface area contributed by atoms with Crippen molar-refractivity contribution in [2.24, 2.45) is 5.73 Å². The highest BCUT2D eigenvalue weighted by molar-refractivity contribution is 7.89. The van der Waals surface area contributed by atoms with E-state index in [0.29, 0.717) is 38.2 Å². The Balaban J connectivity index is 0.00000320. The van der Waals surface area contributed by atoms with Crippen LogP contribution >= 0.6 is 24.0 Å². The predicted octanol–water partition coefficient (Wildman–Crippen LogP) is 2.01. The van der Waals surface area contributed by atoms with Crippen LogP contribution in [0.4, 0.5) is 0 Å². The molecule has 3 unspecified atom stereocenters. The van der Waals surface area contributed by atoms with Crippen LogP contribution in [0.2, 0.25) is 0 Å². The first-order valence-corrected chi connectivity index (χ1v) is 12.3. The average Bonchev–Trinajstić information content (AvgIpc) is 2.74. The predicted molar refractivity (Wildman–Crippen MR) is 123 cm³/mol. The molecule has 0 aromatic heterocycles. The minimum absolute atomic E-state index is 0. The Morgan fingerprint density at radius 1 is 1.27 bits per heavy atom. The van der Waals surface area contributed by atoms with Crippen molar-refractivity contribution < 1.29 is 13.2 Å². The molecule has 3 N–H and O–H groups in total. The fourth-order valence-electron chi connectivity index (χ4n) is 4.53. The number of amides is 1. The molecule has 1 aromatic carbocycles. The summed E-state index contributed by atoms with van der Waals surface area (Å²) in [6, 6.07) is 9.02. The van der Waals surface area contributed by atoms with Gasteiger partial charge in [0, 0.05) is 37.1 Å². The molecule has 30 heavy (non-hydrogen) atoms. The number of piperazine rings is 1. The number of benzene rings is 1. The summed E-state index contributed by atoms with van der Waals surface area (Å²) in [5.74, 6) is -0.101. The number of nitrogens with zero attached hydrogens (tertiary/aromatic N) is 2. The van der Waals surface area contributed by atoms with Crippen LogP contribution in [-0.4, -0.2) is 72.5 Å². The number of alkyl halides is 1. The van der Waals surface area contributed by atoms with Crippen LogP contribution in [-0.2, 0) is 10.0 Å². The summed E-state index contributed by atoms with van der Waals surface area (Å²) in [5, 5.41) is 2.97. The highest BCUT2D eigenvalue weighted by Gasteiger charge is 2.47. The number of carbonyl (C=O) groups is 1. The van der Waals surface area contributed by atoms with Gasteiger partial charge in [0.2, 0.25) is 10.0 Å². The number of hydrogen-bond donors (Lipinski definition) is 2. The van der Waals surface area contributed by atoms with Crippen LogP contribution in [0.1, 0.15) is 43.0 Å². The first-order valence-electron chi connectivity index (χ1n) is 10.3. The molecule has 1 heterocycles. The number of rotatable bonds is 6. The molecule has 3 atom stereocenters. The Hall–Kier alpha value is -0.900. The molecule has 1 aromatic rings. The molecule has 2 aliphatic rings. The van der Waals surface area contributed by atoms with Crippen LogP contribution in [0, 0.1) is 0 Å². The van der Waals surface area contributed by atoms with Crippen LogP contribution in [0.25, 0.3) is 0 Å². The topological polar surface area (TPSA) is 95.7 Å². The van der Waals surface area contributed by atoms with Crippen LogP contribution < -0.4 is 11.1 Å². The molecule has 1 aliphatic heterocycles. The van der Waals surface area contributed by atoms with E-state index in [1.807, 2.05) is 18.2 Å². The summed E-state index contributed by atoms with van der Waals surface area (Å²) in [6.07, 6.45) is 2.76. The third-order valence-corrected chi connectivity index (χ3v) is 8.48. The number of halogens is 2. The third-order valence-electron chi connectivity index (χ3n) is 6.23. The second-order valence-electron chi connectivity index (χ2n) is 7.90. The summed E-state index contributed by atoms with van der Waals surface area (Å²) in [5.41, 5.74) is 6.69. The molecule has 0 radical (unpaired) electrons. The minimum Gasteiger partial charge on any atom is -0.335 e. The van der Waals surface area contributed by atoms with Gasteiger partial charge in [-0.1, -0.05) is 24.6 Å². The van der Waals surface area contributed by atoms with Gasteiger partial charge in [0.25, 0.3) is 5.91 Å². The largest absolute Gasteiger partial charge is 0.335 e. The summed E-state index contributed by atoms with van der Waals surface area (Å²) in [6.45, 7) is 3.70. The zero-order valence-corrected chi connectivity index (χ0v) is 19.7. The lowest BCUT2D eigenvalue weighted by molar-refractivity contribution is -0.00120. The Labute approximate surface area is 190 Å². The lowest BCUT2D eigenvalue weighted by atomic mass is 9.77. The molecule has 7 nitrogen and oxygen atoms in total. The summed E-state index contributed by atoms with van der Waals surface area (Å²) >= 11 is 6.54. The number of sulfonamides is 1. The third kappa shape index (κ3) is 5.47. The van der Waals surface area contributed by atoms with E-state index in [0.717, 1.165) is 19.3 Å². The highest BCUT2D eigenvalue weighted by Crippen LogP contribution is 2.38. The molecular weight excluding hydrogens is 447 g/mol. The Morgan fingerprint density at radius 2 is 1.90 bits per heavy atom. The van der Waals surface area contributed by atoms with E-state index in [4.69, 9.17) is 17.3 Å². The first-order chi connectivity index (χ1) is 13.8. The van der Waals surface area contributed by atoms with Crippen LogP contribution in [0.3, 0.4) is 0 Å². The Morgan fingerprint density at radius 3 is 2.47 bits per heavy atom. The van der Waals surface area contributed by atoms with E-state index in [2.05, 4.69) is 10.2 Å². The molecule has 3 rings (SSSR count). The van der Waals surface area contributed by atoms with Crippen molar-refractivity contribution in [2.45, 2.75) is 49.7 Å². The summed E-state index contributed by atoms with van der Waals surface area (Å²) in [4.78, 5) is 14.9. The van der Waals surface area contributed by atoms with E-state index in [-0.39, 0.29) is 29.4 Å².